The van der Waals surface area contributed by atoms with E-state index in [1.165, 1.54) is 11.2 Å². The molecule has 1 aliphatic rings. The summed E-state index contributed by atoms with van der Waals surface area (Å²) in [4.78, 5) is 12.8. The van der Waals surface area contributed by atoms with E-state index in [0.29, 0.717) is 5.76 Å². The number of hydrogen-bond acceptors (Lipinski definition) is 2. The Bertz CT molecular complexity index is 359. The van der Waals surface area contributed by atoms with Gasteiger partial charge in [0.15, 0.2) is 0 Å². The van der Waals surface area contributed by atoms with Crippen LogP contribution < -0.4 is 0 Å². The minimum absolute atomic E-state index is 0.0680. The highest BCUT2D eigenvalue weighted by Crippen LogP contribution is 2.26. The van der Waals surface area contributed by atoms with Gasteiger partial charge in [0, 0.05) is 6.04 Å². The Morgan fingerprint density at radius 3 is 2.71 bits per heavy atom. The monoisotopic (exact) mass is 243 g/mol. The van der Waals surface area contributed by atoms with Crippen LogP contribution in [0.4, 0.5) is 8.78 Å². The lowest BCUT2D eigenvalue weighted by atomic mass is 10.2. The summed E-state index contributed by atoms with van der Waals surface area (Å²) in [7, 11) is 0. The number of hydrogen-bond donors (Lipinski definition) is 0. The Balaban J connectivity index is 2.08. The van der Waals surface area contributed by atoms with Gasteiger partial charge in [-0.25, -0.2) is 0 Å². The molecule has 2 rings (SSSR count). The first-order valence-electron chi connectivity index (χ1n) is 5.79. The molecular formula is C12H15F2NO2. The molecule has 0 N–H and O–H groups in total. The summed E-state index contributed by atoms with van der Waals surface area (Å²) < 4.78 is 30.2. The fraction of sp³-hybridized carbons (Fsp3) is 0.583. The molecule has 1 aliphatic carbocycles. The normalized spacial score (nSPS) is 16.6. The zero-order valence-electron chi connectivity index (χ0n) is 9.44. The maximum atomic E-state index is 12.5. The Hall–Kier alpha value is -1.39. The highest BCUT2D eigenvalue weighted by atomic mass is 19.3. The number of alkyl halides is 2. The van der Waals surface area contributed by atoms with Crippen molar-refractivity contribution in [1.29, 1.82) is 0 Å². The first-order valence-corrected chi connectivity index (χ1v) is 5.79. The summed E-state index contributed by atoms with van der Waals surface area (Å²) in [5.74, 6) is -0.542. The van der Waals surface area contributed by atoms with Crippen LogP contribution in [0.1, 0.15) is 31.4 Å². The van der Waals surface area contributed by atoms with Gasteiger partial charge in [0.1, 0.15) is 5.76 Å². The molecule has 0 spiro atoms. The smallest absolute Gasteiger partial charge is 0.315 e. The molecule has 5 heteroatoms. The van der Waals surface area contributed by atoms with Crippen molar-refractivity contribution in [1.82, 2.24) is 4.90 Å². The average molecular weight is 243 g/mol. The maximum absolute atomic E-state index is 12.5. The molecule has 0 atom stereocenters. The second kappa shape index (κ2) is 5.29. The third kappa shape index (κ3) is 2.84. The van der Waals surface area contributed by atoms with Crippen molar-refractivity contribution in [3.8, 4) is 0 Å². The highest BCUT2D eigenvalue weighted by Gasteiger charge is 2.31. The van der Waals surface area contributed by atoms with E-state index in [4.69, 9.17) is 4.42 Å². The molecule has 0 saturated heterocycles. The van der Waals surface area contributed by atoms with E-state index in [1.807, 2.05) is 0 Å². The minimum atomic E-state index is -2.94. The molecule has 1 heterocycles. The number of furan rings is 1. The van der Waals surface area contributed by atoms with E-state index in [9.17, 15) is 13.6 Å². The van der Waals surface area contributed by atoms with Gasteiger partial charge >= 0.3 is 6.43 Å². The van der Waals surface area contributed by atoms with Crippen LogP contribution in [0.2, 0.25) is 0 Å². The summed E-state index contributed by atoms with van der Waals surface area (Å²) in [5.41, 5.74) is 0. The van der Waals surface area contributed by atoms with E-state index in [-0.39, 0.29) is 12.6 Å². The third-order valence-electron chi connectivity index (χ3n) is 3.14. The number of carbonyl (C=O) groups excluding carboxylic acids is 1. The maximum Gasteiger partial charge on any atom is 0.315 e. The number of nitrogens with zero attached hydrogens (tertiary/aromatic N) is 1. The SMILES string of the molecule is O=C(C(F)F)N(Cc1ccco1)C1CCCC1. The van der Waals surface area contributed by atoms with Crippen LogP contribution in [-0.2, 0) is 11.3 Å². The van der Waals surface area contributed by atoms with Crippen LogP contribution in [0.25, 0.3) is 0 Å². The number of halogens is 2. The fourth-order valence-corrected chi connectivity index (χ4v) is 2.30. The molecule has 1 saturated carbocycles. The van der Waals surface area contributed by atoms with Crippen LogP contribution >= 0.6 is 0 Å². The summed E-state index contributed by atoms with van der Waals surface area (Å²) in [6.45, 7) is 0.140. The van der Waals surface area contributed by atoms with Gasteiger partial charge < -0.3 is 9.32 Å². The van der Waals surface area contributed by atoms with E-state index >= 15 is 0 Å². The Morgan fingerprint density at radius 2 is 2.18 bits per heavy atom. The molecule has 0 bridgehead atoms. The van der Waals surface area contributed by atoms with Crippen molar-refractivity contribution in [3.05, 3.63) is 24.2 Å². The molecule has 1 amide bonds. The summed E-state index contributed by atoms with van der Waals surface area (Å²) >= 11 is 0. The van der Waals surface area contributed by atoms with Crippen molar-refractivity contribution in [3.63, 3.8) is 0 Å². The van der Waals surface area contributed by atoms with Crippen LogP contribution in [0, 0.1) is 0 Å². The van der Waals surface area contributed by atoms with Gasteiger partial charge in [-0.2, -0.15) is 8.78 Å². The van der Waals surface area contributed by atoms with Crippen molar-refractivity contribution < 1.29 is 18.0 Å². The molecule has 1 aromatic rings. The fourth-order valence-electron chi connectivity index (χ4n) is 2.30. The predicted molar refractivity (Wildman–Crippen MR) is 57.5 cm³/mol. The molecule has 0 aliphatic heterocycles. The van der Waals surface area contributed by atoms with Gasteiger partial charge in [0.2, 0.25) is 0 Å². The highest BCUT2D eigenvalue weighted by molar-refractivity contribution is 5.79. The van der Waals surface area contributed by atoms with Gasteiger partial charge in [-0.1, -0.05) is 12.8 Å². The van der Waals surface area contributed by atoms with Gasteiger partial charge in [0.05, 0.1) is 12.8 Å². The molecule has 17 heavy (non-hydrogen) atoms. The second-order valence-electron chi connectivity index (χ2n) is 4.28. The Kier molecular flexibility index (Phi) is 3.76. The van der Waals surface area contributed by atoms with Crippen molar-refractivity contribution in [2.45, 2.75) is 44.7 Å². The van der Waals surface area contributed by atoms with Crippen molar-refractivity contribution >= 4 is 5.91 Å². The standard InChI is InChI=1S/C12H15F2NO2/c13-11(14)12(16)15(9-4-1-2-5-9)8-10-6-3-7-17-10/h3,6-7,9,11H,1-2,4-5,8H2. The molecule has 0 aromatic carbocycles. The number of carbonyl (C=O) groups is 1. The van der Waals surface area contributed by atoms with Gasteiger partial charge in [0.25, 0.3) is 5.91 Å². The average Bonchev–Trinajstić information content (AvgIpc) is 2.97. The van der Waals surface area contributed by atoms with Crippen LogP contribution in [0.5, 0.6) is 0 Å². The van der Waals surface area contributed by atoms with E-state index in [0.717, 1.165) is 25.7 Å². The molecule has 1 aromatic heterocycles. The molecular weight excluding hydrogens is 228 g/mol. The summed E-state index contributed by atoms with van der Waals surface area (Å²) in [5, 5.41) is 0. The lowest BCUT2D eigenvalue weighted by molar-refractivity contribution is -0.146. The zero-order chi connectivity index (χ0) is 12.3. The van der Waals surface area contributed by atoms with E-state index < -0.39 is 12.3 Å². The van der Waals surface area contributed by atoms with Gasteiger partial charge in [-0.3, -0.25) is 4.79 Å². The number of amides is 1. The second-order valence-corrected chi connectivity index (χ2v) is 4.28. The van der Waals surface area contributed by atoms with Crippen LogP contribution in [0.3, 0.4) is 0 Å². The third-order valence-corrected chi connectivity index (χ3v) is 3.14. The minimum Gasteiger partial charge on any atom is -0.467 e. The van der Waals surface area contributed by atoms with E-state index in [2.05, 4.69) is 0 Å². The Morgan fingerprint density at radius 1 is 1.47 bits per heavy atom. The predicted octanol–water partition coefficient (Wildman–Crippen LogP) is 2.82. The quantitative estimate of drug-likeness (QED) is 0.814. The first kappa shape index (κ1) is 12.1. The van der Waals surface area contributed by atoms with Crippen LogP contribution in [0.15, 0.2) is 22.8 Å². The van der Waals surface area contributed by atoms with E-state index in [1.54, 1.807) is 12.1 Å². The molecule has 3 nitrogen and oxygen atoms in total. The first-order chi connectivity index (χ1) is 8.18. The lowest BCUT2D eigenvalue weighted by Crippen LogP contribution is -2.41. The van der Waals surface area contributed by atoms with Crippen molar-refractivity contribution in [2.24, 2.45) is 0 Å². The molecule has 1 fully saturated rings. The largest absolute Gasteiger partial charge is 0.467 e. The summed E-state index contributed by atoms with van der Waals surface area (Å²) in [6, 6.07) is 3.32. The Labute approximate surface area is 98.4 Å². The van der Waals surface area contributed by atoms with Gasteiger partial charge in [-0.15, -0.1) is 0 Å². The van der Waals surface area contributed by atoms with Crippen molar-refractivity contribution in [2.75, 3.05) is 0 Å². The zero-order valence-corrected chi connectivity index (χ0v) is 9.44. The summed E-state index contributed by atoms with van der Waals surface area (Å²) in [6.07, 6.45) is 2.14. The molecule has 0 unspecified atom stereocenters. The lowest BCUT2D eigenvalue weighted by Gasteiger charge is -2.27. The molecule has 94 valence electrons. The molecule has 0 radical (unpaired) electrons. The van der Waals surface area contributed by atoms with Gasteiger partial charge in [-0.05, 0) is 25.0 Å². The van der Waals surface area contributed by atoms with Crippen LogP contribution in [-0.4, -0.2) is 23.3 Å². The number of rotatable bonds is 4. The topological polar surface area (TPSA) is 33.5 Å².